The maximum Gasteiger partial charge on any atom is 0.270 e. The maximum absolute atomic E-state index is 13.1. The van der Waals surface area contributed by atoms with Crippen molar-refractivity contribution < 1.29 is 24.0 Å². The number of nitro groups is 1. The van der Waals surface area contributed by atoms with Gasteiger partial charge >= 0.3 is 0 Å². The van der Waals surface area contributed by atoms with Crippen LogP contribution in [0.15, 0.2) is 54.6 Å². The van der Waals surface area contributed by atoms with E-state index in [2.05, 4.69) is 0 Å². The third-order valence-electron chi connectivity index (χ3n) is 4.19. The number of non-ortho nitro benzene ring substituents is 1. The molecule has 0 saturated heterocycles. The van der Waals surface area contributed by atoms with Crippen LogP contribution in [0.4, 0.5) is 10.1 Å². The second-order valence-electron chi connectivity index (χ2n) is 6.28. The third-order valence-corrected chi connectivity index (χ3v) is 4.19. The monoisotopic (exact) mass is 381 g/mol. The van der Waals surface area contributed by atoms with Crippen molar-refractivity contribution in [3.8, 4) is 17.2 Å². The van der Waals surface area contributed by atoms with Crippen molar-refractivity contribution in [1.29, 1.82) is 0 Å². The Balaban J connectivity index is 1.95. The zero-order valence-electron chi connectivity index (χ0n) is 15.1. The minimum Gasteiger partial charge on any atom is -0.507 e. The Kier molecular flexibility index (Phi) is 5.08. The second-order valence-corrected chi connectivity index (χ2v) is 6.28. The summed E-state index contributed by atoms with van der Waals surface area (Å²) in [5, 5.41) is 21.0. The van der Waals surface area contributed by atoms with Crippen LogP contribution in [0.3, 0.4) is 0 Å². The number of nitrogens with zero attached hydrogens (tertiary/aromatic N) is 1. The van der Waals surface area contributed by atoms with Gasteiger partial charge in [0.1, 0.15) is 23.1 Å². The average molecular weight is 381 g/mol. The number of ketones is 1. The number of carbonyl (C=O) groups is 1. The minimum atomic E-state index is -0.486. The van der Waals surface area contributed by atoms with Crippen molar-refractivity contribution >= 4 is 11.5 Å². The van der Waals surface area contributed by atoms with Gasteiger partial charge in [-0.2, -0.15) is 0 Å². The molecule has 3 aromatic rings. The van der Waals surface area contributed by atoms with Crippen LogP contribution in [0.2, 0.25) is 0 Å². The number of hydrogen-bond acceptors (Lipinski definition) is 5. The zero-order chi connectivity index (χ0) is 20.4. The summed E-state index contributed by atoms with van der Waals surface area (Å²) < 4.78 is 18.9. The molecule has 0 spiro atoms. The van der Waals surface area contributed by atoms with Crippen LogP contribution in [0, 0.1) is 29.8 Å². The number of benzene rings is 3. The smallest absolute Gasteiger partial charge is 0.270 e. The number of phenolic OH excluding ortho intramolecular Hbond substituents is 1. The van der Waals surface area contributed by atoms with Crippen molar-refractivity contribution in [3.63, 3.8) is 0 Å². The first-order valence-electron chi connectivity index (χ1n) is 8.33. The van der Waals surface area contributed by atoms with E-state index >= 15 is 0 Å². The van der Waals surface area contributed by atoms with Gasteiger partial charge in [-0.1, -0.05) is 0 Å². The highest BCUT2D eigenvalue weighted by atomic mass is 19.1. The molecule has 6 nitrogen and oxygen atoms in total. The Bertz CT molecular complexity index is 1050. The molecule has 142 valence electrons. The van der Waals surface area contributed by atoms with Crippen molar-refractivity contribution in [2.24, 2.45) is 0 Å². The molecule has 0 aliphatic rings. The Hall–Kier alpha value is -3.74. The highest BCUT2D eigenvalue weighted by Gasteiger charge is 2.17. The molecule has 0 aromatic heterocycles. The van der Waals surface area contributed by atoms with E-state index in [1.54, 1.807) is 13.8 Å². The van der Waals surface area contributed by atoms with E-state index in [1.165, 1.54) is 42.5 Å². The number of halogens is 1. The summed E-state index contributed by atoms with van der Waals surface area (Å²) in [6.07, 6.45) is 0. The standard InChI is InChI=1S/C21H16FNO5/c1-12-9-16(23(26)27)10-13(2)21(12)28-17-7-8-19(24)18(11-17)20(25)14-3-5-15(22)6-4-14/h3-11,24H,1-2H3. The van der Waals surface area contributed by atoms with Gasteiger partial charge in [-0.3, -0.25) is 14.9 Å². The van der Waals surface area contributed by atoms with Crippen LogP contribution in [0.25, 0.3) is 0 Å². The fraction of sp³-hybridized carbons (Fsp3) is 0.0952. The lowest BCUT2D eigenvalue weighted by atomic mass is 10.0. The number of aromatic hydroxyl groups is 1. The SMILES string of the molecule is Cc1cc([N+](=O)[O-])cc(C)c1Oc1ccc(O)c(C(=O)c2ccc(F)cc2)c1. The van der Waals surface area contributed by atoms with Gasteiger partial charge in [0, 0.05) is 17.7 Å². The van der Waals surface area contributed by atoms with Gasteiger partial charge in [0.05, 0.1) is 10.5 Å². The fourth-order valence-corrected chi connectivity index (χ4v) is 2.83. The summed E-state index contributed by atoms with van der Waals surface area (Å²) in [5.41, 5.74) is 1.30. The van der Waals surface area contributed by atoms with Gasteiger partial charge in [-0.25, -0.2) is 4.39 Å². The van der Waals surface area contributed by atoms with E-state index in [0.29, 0.717) is 16.9 Å². The first kappa shape index (κ1) is 19.0. The van der Waals surface area contributed by atoms with Crippen molar-refractivity contribution in [2.75, 3.05) is 0 Å². The van der Waals surface area contributed by atoms with E-state index < -0.39 is 16.5 Å². The molecule has 3 rings (SSSR count). The molecular weight excluding hydrogens is 365 g/mol. The molecule has 0 atom stereocenters. The fourth-order valence-electron chi connectivity index (χ4n) is 2.83. The summed E-state index contributed by atoms with van der Waals surface area (Å²) in [4.78, 5) is 23.1. The number of nitro benzene ring substituents is 1. The van der Waals surface area contributed by atoms with Crippen LogP contribution in [0.5, 0.6) is 17.2 Å². The summed E-state index contributed by atoms with van der Waals surface area (Å²) in [5.74, 6) is -0.485. The lowest BCUT2D eigenvalue weighted by Crippen LogP contribution is -2.02. The molecule has 0 fully saturated rings. The van der Waals surface area contributed by atoms with E-state index in [0.717, 1.165) is 12.1 Å². The van der Waals surface area contributed by atoms with E-state index in [1.807, 2.05) is 0 Å². The van der Waals surface area contributed by atoms with Crippen molar-refractivity contribution in [3.05, 3.63) is 92.8 Å². The largest absolute Gasteiger partial charge is 0.507 e. The molecule has 28 heavy (non-hydrogen) atoms. The molecule has 0 saturated carbocycles. The molecule has 0 heterocycles. The van der Waals surface area contributed by atoms with Crippen LogP contribution in [-0.4, -0.2) is 15.8 Å². The van der Waals surface area contributed by atoms with Gasteiger partial charge in [0.2, 0.25) is 0 Å². The number of hydrogen-bond donors (Lipinski definition) is 1. The first-order valence-corrected chi connectivity index (χ1v) is 8.33. The summed E-state index contributed by atoms with van der Waals surface area (Å²) >= 11 is 0. The lowest BCUT2D eigenvalue weighted by molar-refractivity contribution is -0.385. The van der Waals surface area contributed by atoms with Crippen LogP contribution in [-0.2, 0) is 0 Å². The lowest BCUT2D eigenvalue weighted by Gasteiger charge is -2.13. The summed E-state index contributed by atoms with van der Waals surface area (Å²) in [6.45, 7) is 3.36. The third kappa shape index (κ3) is 3.83. The molecule has 0 radical (unpaired) electrons. The number of aryl methyl sites for hydroxylation is 2. The molecular formula is C21H16FNO5. The Morgan fingerprint density at radius 1 is 1.04 bits per heavy atom. The summed E-state index contributed by atoms with van der Waals surface area (Å²) in [7, 11) is 0. The topological polar surface area (TPSA) is 89.7 Å². The van der Waals surface area contributed by atoms with Gasteiger partial charge in [0.25, 0.3) is 5.69 Å². The molecule has 0 aliphatic carbocycles. The number of ether oxygens (including phenoxy) is 1. The van der Waals surface area contributed by atoms with E-state index in [-0.39, 0.29) is 28.3 Å². The zero-order valence-corrected chi connectivity index (χ0v) is 15.1. The van der Waals surface area contributed by atoms with Crippen molar-refractivity contribution in [2.45, 2.75) is 13.8 Å². The first-order chi connectivity index (χ1) is 13.3. The maximum atomic E-state index is 13.1. The van der Waals surface area contributed by atoms with Gasteiger partial charge in [-0.05, 0) is 67.4 Å². The molecule has 1 N–H and O–H groups in total. The van der Waals surface area contributed by atoms with E-state index in [9.17, 15) is 24.4 Å². The quantitative estimate of drug-likeness (QED) is 0.378. The Labute approximate surface area is 160 Å². The number of carbonyl (C=O) groups excluding carboxylic acids is 1. The minimum absolute atomic E-state index is 0.00123. The summed E-state index contributed by atoms with van der Waals surface area (Å²) in [6, 6.07) is 12.0. The van der Waals surface area contributed by atoms with Gasteiger partial charge in [0.15, 0.2) is 5.78 Å². The predicted molar refractivity (Wildman–Crippen MR) is 101 cm³/mol. The highest BCUT2D eigenvalue weighted by molar-refractivity contribution is 6.10. The van der Waals surface area contributed by atoms with Gasteiger partial charge < -0.3 is 9.84 Å². The van der Waals surface area contributed by atoms with Gasteiger partial charge in [-0.15, -0.1) is 0 Å². The predicted octanol–water partition coefficient (Wildman–Crippen LogP) is 5.08. The second kappa shape index (κ2) is 7.48. The van der Waals surface area contributed by atoms with Crippen LogP contribution < -0.4 is 4.74 Å². The molecule has 0 unspecified atom stereocenters. The molecule has 3 aromatic carbocycles. The Morgan fingerprint density at radius 3 is 2.21 bits per heavy atom. The van der Waals surface area contributed by atoms with Crippen LogP contribution in [0.1, 0.15) is 27.0 Å². The highest BCUT2D eigenvalue weighted by Crippen LogP contribution is 2.34. The van der Waals surface area contributed by atoms with Crippen molar-refractivity contribution in [1.82, 2.24) is 0 Å². The molecule has 0 bridgehead atoms. The number of phenols is 1. The van der Waals surface area contributed by atoms with E-state index in [4.69, 9.17) is 4.74 Å². The normalized spacial score (nSPS) is 10.5. The average Bonchev–Trinajstić information content (AvgIpc) is 2.65. The van der Waals surface area contributed by atoms with Crippen LogP contribution >= 0.6 is 0 Å². The molecule has 7 heteroatoms. The molecule has 0 aliphatic heterocycles. The Morgan fingerprint density at radius 2 is 1.64 bits per heavy atom. The number of rotatable bonds is 5. The molecule has 0 amide bonds.